The molecule has 28 heavy (non-hydrogen) atoms. The Bertz CT molecular complexity index is 833. The topological polar surface area (TPSA) is 43.8 Å². The maximum Gasteiger partial charge on any atom is 0.417 e. The fourth-order valence-corrected chi connectivity index (χ4v) is 3.31. The third kappa shape index (κ3) is 4.51. The molecule has 1 aliphatic heterocycles. The van der Waals surface area contributed by atoms with E-state index in [0.29, 0.717) is 13.1 Å². The minimum absolute atomic E-state index is 0.183. The third-order valence-corrected chi connectivity index (χ3v) is 4.82. The molecule has 0 saturated carbocycles. The Morgan fingerprint density at radius 3 is 2.25 bits per heavy atom. The Labute approximate surface area is 160 Å². The van der Waals surface area contributed by atoms with Crippen LogP contribution in [0.15, 0.2) is 48.5 Å². The lowest BCUT2D eigenvalue weighted by atomic mass is 10.1. The molecule has 0 spiro atoms. The summed E-state index contributed by atoms with van der Waals surface area (Å²) in [6.45, 7) is 1.41. The van der Waals surface area contributed by atoms with Crippen LogP contribution in [0.4, 0.5) is 17.6 Å². The number of β-amino-alcohol motifs (C(OH)–C–C–N with tert-alkyl or cyclic N) is 1. The second-order valence-corrected chi connectivity index (χ2v) is 6.67. The first kappa shape index (κ1) is 20.3. The van der Waals surface area contributed by atoms with Crippen LogP contribution in [0.5, 0.6) is 0 Å². The van der Waals surface area contributed by atoms with Gasteiger partial charge in [0, 0.05) is 38.3 Å². The molecule has 1 saturated heterocycles. The van der Waals surface area contributed by atoms with Crippen LogP contribution in [0, 0.1) is 5.82 Å². The molecule has 1 aliphatic rings. The van der Waals surface area contributed by atoms with Crippen LogP contribution < -0.4 is 0 Å². The Morgan fingerprint density at radius 2 is 1.61 bits per heavy atom. The van der Waals surface area contributed by atoms with E-state index in [1.54, 1.807) is 6.07 Å². The van der Waals surface area contributed by atoms with Crippen LogP contribution in [0.2, 0.25) is 0 Å². The van der Waals surface area contributed by atoms with Crippen molar-refractivity contribution in [3.05, 3.63) is 71.0 Å². The molecule has 4 nitrogen and oxygen atoms in total. The molecule has 0 aromatic heterocycles. The number of amides is 1. The number of rotatable bonds is 4. The molecule has 2 aromatic rings. The molecule has 150 valence electrons. The summed E-state index contributed by atoms with van der Waals surface area (Å²) in [6, 6.07) is 10.7. The van der Waals surface area contributed by atoms with Crippen molar-refractivity contribution in [2.75, 3.05) is 32.7 Å². The second-order valence-electron chi connectivity index (χ2n) is 6.67. The van der Waals surface area contributed by atoms with E-state index in [1.165, 1.54) is 41.3 Å². The van der Waals surface area contributed by atoms with Gasteiger partial charge in [0.1, 0.15) is 5.82 Å². The van der Waals surface area contributed by atoms with E-state index < -0.39 is 29.6 Å². The van der Waals surface area contributed by atoms with Crippen LogP contribution in [0.25, 0.3) is 0 Å². The van der Waals surface area contributed by atoms with Crippen molar-refractivity contribution in [1.29, 1.82) is 0 Å². The first-order valence-corrected chi connectivity index (χ1v) is 8.87. The first-order chi connectivity index (χ1) is 13.3. The van der Waals surface area contributed by atoms with Crippen molar-refractivity contribution >= 4 is 5.91 Å². The molecule has 1 atom stereocenters. The first-order valence-electron chi connectivity index (χ1n) is 8.87. The van der Waals surface area contributed by atoms with Crippen molar-refractivity contribution in [3.63, 3.8) is 0 Å². The highest BCUT2D eigenvalue weighted by Crippen LogP contribution is 2.32. The van der Waals surface area contributed by atoms with Gasteiger partial charge in [0.15, 0.2) is 0 Å². The smallest absolute Gasteiger partial charge is 0.387 e. The number of aliphatic hydroxyl groups is 1. The molecule has 8 heteroatoms. The summed E-state index contributed by atoms with van der Waals surface area (Å²) in [5, 5.41) is 10.2. The molecule has 0 bridgehead atoms. The normalized spacial score (nSPS) is 16.8. The maximum atomic E-state index is 13.8. The lowest BCUT2D eigenvalue weighted by Crippen LogP contribution is -2.49. The summed E-state index contributed by atoms with van der Waals surface area (Å²) in [5.74, 6) is -1.16. The van der Waals surface area contributed by atoms with Crippen molar-refractivity contribution in [2.45, 2.75) is 12.3 Å². The van der Waals surface area contributed by atoms with Gasteiger partial charge in [-0.2, -0.15) is 13.2 Å². The number of alkyl halides is 3. The molecule has 1 heterocycles. The van der Waals surface area contributed by atoms with Crippen molar-refractivity contribution < 1.29 is 27.5 Å². The maximum absolute atomic E-state index is 13.8. The summed E-state index contributed by atoms with van der Waals surface area (Å²) in [7, 11) is 0. The van der Waals surface area contributed by atoms with Crippen molar-refractivity contribution in [1.82, 2.24) is 9.80 Å². The van der Waals surface area contributed by atoms with Gasteiger partial charge in [-0.05, 0) is 18.2 Å². The van der Waals surface area contributed by atoms with Crippen LogP contribution in [-0.2, 0) is 6.18 Å². The molecule has 1 unspecified atom stereocenters. The van der Waals surface area contributed by atoms with Gasteiger partial charge < -0.3 is 10.0 Å². The van der Waals surface area contributed by atoms with E-state index in [-0.39, 0.29) is 30.8 Å². The molecule has 1 fully saturated rings. The largest absolute Gasteiger partial charge is 0.417 e. The Balaban J connectivity index is 1.62. The van der Waals surface area contributed by atoms with E-state index in [0.717, 1.165) is 6.07 Å². The lowest BCUT2D eigenvalue weighted by molar-refractivity contribution is -0.138. The monoisotopic (exact) mass is 396 g/mol. The van der Waals surface area contributed by atoms with Crippen LogP contribution >= 0.6 is 0 Å². The molecular weight excluding hydrogens is 376 g/mol. The number of benzene rings is 2. The summed E-state index contributed by atoms with van der Waals surface area (Å²) >= 11 is 0. The number of nitrogens with zero attached hydrogens (tertiary/aromatic N) is 2. The highest BCUT2D eigenvalue weighted by atomic mass is 19.4. The van der Waals surface area contributed by atoms with E-state index in [2.05, 4.69) is 0 Å². The fourth-order valence-electron chi connectivity index (χ4n) is 3.31. The SMILES string of the molecule is O=C(c1ccccc1C(F)(F)F)N1CCN(CC(O)c2ccccc2F)CC1. The fraction of sp³-hybridized carbons (Fsp3) is 0.350. The Morgan fingerprint density at radius 1 is 1.00 bits per heavy atom. The van der Waals surface area contributed by atoms with Gasteiger partial charge in [0.25, 0.3) is 5.91 Å². The lowest BCUT2D eigenvalue weighted by Gasteiger charge is -2.36. The van der Waals surface area contributed by atoms with Gasteiger partial charge in [-0.1, -0.05) is 30.3 Å². The average Bonchev–Trinajstić information content (AvgIpc) is 2.67. The third-order valence-electron chi connectivity index (χ3n) is 4.82. The van der Waals surface area contributed by atoms with Gasteiger partial charge in [-0.25, -0.2) is 4.39 Å². The van der Waals surface area contributed by atoms with Gasteiger partial charge in [0.2, 0.25) is 0 Å². The minimum atomic E-state index is -4.60. The standard InChI is InChI=1S/C20H20F4N2O2/c21-17-8-4-2-6-15(17)18(27)13-25-9-11-26(12-10-25)19(28)14-5-1-3-7-16(14)20(22,23)24/h1-8,18,27H,9-13H2. The number of carbonyl (C=O) groups is 1. The molecule has 0 radical (unpaired) electrons. The molecule has 3 rings (SSSR count). The summed E-state index contributed by atoms with van der Waals surface area (Å²) in [5.41, 5.74) is -1.12. The Hall–Kier alpha value is -2.45. The summed E-state index contributed by atoms with van der Waals surface area (Å²) < 4.78 is 53.2. The van der Waals surface area contributed by atoms with Crippen LogP contribution in [0.1, 0.15) is 27.6 Å². The highest BCUT2D eigenvalue weighted by Gasteiger charge is 2.36. The van der Waals surface area contributed by atoms with E-state index in [1.807, 2.05) is 4.90 Å². The summed E-state index contributed by atoms with van der Waals surface area (Å²) in [4.78, 5) is 15.8. The van der Waals surface area contributed by atoms with Gasteiger partial charge in [0.05, 0.1) is 17.2 Å². The summed E-state index contributed by atoms with van der Waals surface area (Å²) in [6.07, 6.45) is -5.62. The minimum Gasteiger partial charge on any atom is -0.387 e. The van der Waals surface area contributed by atoms with E-state index >= 15 is 0 Å². The number of aliphatic hydroxyl groups excluding tert-OH is 1. The van der Waals surface area contributed by atoms with Crippen molar-refractivity contribution in [3.8, 4) is 0 Å². The van der Waals surface area contributed by atoms with Gasteiger partial charge >= 0.3 is 6.18 Å². The second kappa shape index (κ2) is 8.28. The molecule has 0 aliphatic carbocycles. The number of hydrogen-bond donors (Lipinski definition) is 1. The van der Waals surface area contributed by atoms with Gasteiger partial charge in [-0.3, -0.25) is 9.69 Å². The highest BCUT2D eigenvalue weighted by molar-refractivity contribution is 5.96. The zero-order valence-electron chi connectivity index (χ0n) is 15.0. The van der Waals surface area contributed by atoms with Crippen LogP contribution in [0.3, 0.4) is 0 Å². The van der Waals surface area contributed by atoms with Crippen LogP contribution in [-0.4, -0.2) is 53.5 Å². The quantitative estimate of drug-likeness (QED) is 0.807. The average molecular weight is 396 g/mol. The predicted octanol–water partition coefficient (Wildman–Crippen LogP) is 3.34. The number of hydrogen-bond acceptors (Lipinski definition) is 3. The molecule has 1 N–H and O–H groups in total. The zero-order chi connectivity index (χ0) is 20.3. The predicted molar refractivity (Wildman–Crippen MR) is 95.1 cm³/mol. The zero-order valence-corrected chi connectivity index (χ0v) is 15.0. The molecular formula is C20H20F4N2O2. The van der Waals surface area contributed by atoms with Gasteiger partial charge in [-0.15, -0.1) is 0 Å². The number of carbonyl (C=O) groups excluding carboxylic acids is 1. The molecule has 1 amide bonds. The van der Waals surface area contributed by atoms with Crippen molar-refractivity contribution in [2.24, 2.45) is 0 Å². The molecule has 2 aromatic carbocycles. The number of piperazine rings is 1. The number of halogens is 4. The van der Waals surface area contributed by atoms with E-state index in [9.17, 15) is 27.5 Å². The van der Waals surface area contributed by atoms with E-state index in [4.69, 9.17) is 0 Å². The Kier molecular flexibility index (Phi) is 6.00.